The van der Waals surface area contributed by atoms with Crippen LogP contribution in [0.5, 0.6) is 5.75 Å². The Kier molecular flexibility index (Phi) is 6.15. The van der Waals surface area contributed by atoms with Crippen molar-refractivity contribution in [2.75, 3.05) is 13.0 Å². The number of imide groups is 1. The van der Waals surface area contributed by atoms with Gasteiger partial charge in [-0.2, -0.15) is 0 Å². The highest BCUT2D eigenvalue weighted by atomic mass is 35.5. The van der Waals surface area contributed by atoms with Crippen molar-refractivity contribution in [3.05, 3.63) is 29.8 Å². The molecule has 5 nitrogen and oxygen atoms in total. The van der Waals surface area contributed by atoms with E-state index in [4.69, 9.17) is 16.3 Å². The second-order valence-electron chi connectivity index (χ2n) is 3.96. The minimum Gasteiger partial charge on any atom is -0.497 e. The SMILES string of the molecule is COc1ccc(C(C)NC(=O)NC(=O)CCCl)cc1. The van der Waals surface area contributed by atoms with Crippen molar-refractivity contribution in [3.8, 4) is 5.75 Å². The molecular formula is C13H17ClN2O3. The Bertz CT molecular complexity index is 434. The summed E-state index contributed by atoms with van der Waals surface area (Å²) in [5, 5.41) is 4.87. The first-order valence-corrected chi connectivity index (χ1v) is 6.40. The van der Waals surface area contributed by atoms with Gasteiger partial charge in [0.15, 0.2) is 0 Å². The van der Waals surface area contributed by atoms with E-state index in [1.54, 1.807) is 7.11 Å². The number of urea groups is 1. The van der Waals surface area contributed by atoms with Crippen molar-refractivity contribution in [2.45, 2.75) is 19.4 Å². The number of alkyl halides is 1. The molecule has 0 fully saturated rings. The summed E-state index contributed by atoms with van der Waals surface area (Å²) in [6.07, 6.45) is 0.117. The molecule has 0 radical (unpaired) electrons. The summed E-state index contributed by atoms with van der Waals surface area (Å²) in [5.74, 6) is 0.541. The molecule has 1 unspecified atom stereocenters. The van der Waals surface area contributed by atoms with Crippen molar-refractivity contribution in [1.29, 1.82) is 0 Å². The number of hydrogen-bond donors (Lipinski definition) is 2. The first kappa shape index (κ1) is 15.3. The summed E-state index contributed by atoms with van der Waals surface area (Å²) in [6, 6.07) is 6.58. The maximum Gasteiger partial charge on any atom is 0.321 e. The van der Waals surface area contributed by atoms with Crippen LogP contribution in [0.2, 0.25) is 0 Å². The predicted octanol–water partition coefficient (Wildman–Crippen LogP) is 2.21. The third-order valence-electron chi connectivity index (χ3n) is 2.54. The van der Waals surface area contributed by atoms with E-state index in [0.717, 1.165) is 11.3 Å². The molecule has 0 aromatic heterocycles. The van der Waals surface area contributed by atoms with E-state index in [1.807, 2.05) is 31.2 Å². The quantitative estimate of drug-likeness (QED) is 0.815. The molecule has 1 rings (SSSR count). The lowest BCUT2D eigenvalue weighted by Gasteiger charge is -2.14. The molecule has 0 aliphatic heterocycles. The van der Waals surface area contributed by atoms with Gasteiger partial charge in [-0.25, -0.2) is 4.79 Å². The van der Waals surface area contributed by atoms with Gasteiger partial charge in [-0.05, 0) is 24.6 Å². The van der Waals surface area contributed by atoms with Gasteiger partial charge in [-0.1, -0.05) is 12.1 Å². The lowest BCUT2D eigenvalue weighted by Crippen LogP contribution is -2.40. The van der Waals surface area contributed by atoms with Crippen LogP contribution in [0, 0.1) is 0 Å². The Morgan fingerprint density at radius 3 is 2.47 bits per heavy atom. The van der Waals surface area contributed by atoms with Crippen LogP contribution in [0.1, 0.15) is 24.9 Å². The summed E-state index contributed by atoms with van der Waals surface area (Å²) < 4.78 is 5.05. The molecular weight excluding hydrogens is 268 g/mol. The molecule has 1 atom stereocenters. The maximum atomic E-state index is 11.5. The molecule has 2 N–H and O–H groups in total. The fourth-order valence-corrected chi connectivity index (χ4v) is 1.66. The number of halogens is 1. The molecule has 0 aliphatic carbocycles. The molecule has 1 aromatic rings. The van der Waals surface area contributed by atoms with Crippen LogP contribution >= 0.6 is 11.6 Å². The van der Waals surface area contributed by atoms with Gasteiger partial charge in [-0.3, -0.25) is 10.1 Å². The van der Waals surface area contributed by atoms with Crippen LogP contribution in [0.25, 0.3) is 0 Å². The smallest absolute Gasteiger partial charge is 0.321 e. The number of carbonyl (C=O) groups is 2. The Morgan fingerprint density at radius 2 is 1.95 bits per heavy atom. The summed E-state index contributed by atoms with van der Waals surface area (Å²) in [5.41, 5.74) is 0.917. The summed E-state index contributed by atoms with van der Waals surface area (Å²) in [7, 11) is 1.59. The van der Waals surface area contributed by atoms with Gasteiger partial charge in [0, 0.05) is 12.3 Å². The Hall–Kier alpha value is -1.75. The number of nitrogens with one attached hydrogen (secondary N) is 2. The lowest BCUT2D eigenvalue weighted by molar-refractivity contribution is -0.119. The highest BCUT2D eigenvalue weighted by Crippen LogP contribution is 2.16. The number of amides is 3. The molecule has 1 aromatic carbocycles. The van der Waals surface area contributed by atoms with Crippen molar-refractivity contribution in [2.24, 2.45) is 0 Å². The second-order valence-corrected chi connectivity index (χ2v) is 4.33. The zero-order valence-corrected chi connectivity index (χ0v) is 11.7. The number of hydrogen-bond acceptors (Lipinski definition) is 3. The molecule has 0 aliphatic rings. The lowest BCUT2D eigenvalue weighted by atomic mass is 10.1. The van der Waals surface area contributed by atoms with Crippen LogP contribution < -0.4 is 15.4 Å². The Labute approximate surface area is 117 Å². The number of benzene rings is 1. The zero-order chi connectivity index (χ0) is 14.3. The van der Waals surface area contributed by atoms with Gasteiger partial charge in [0.25, 0.3) is 0 Å². The van der Waals surface area contributed by atoms with Gasteiger partial charge >= 0.3 is 6.03 Å². The first-order valence-electron chi connectivity index (χ1n) is 5.87. The molecule has 0 saturated heterocycles. The van der Waals surface area contributed by atoms with E-state index in [0.29, 0.717) is 0 Å². The van der Waals surface area contributed by atoms with E-state index in [2.05, 4.69) is 10.6 Å². The molecule has 3 amide bonds. The normalized spacial score (nSPS) is 11.5. The van der Waals surface area contributed by atoms with Crippen LogP contribution in [0.3, 0.4) is 0 Å². The fraction of sp³-hybridized carbons (Fsp3) is 0.385. The van der Waals surface area contributed by atoms with E-state index in [1.165, 1.54) is 0 Å². The van der Waals surface area contributed by atoms with Crippen LogP contribution in [-0.2, 0) is 4.79 Å². The van der Waals surface area contributed by atoms with Crippen molar-refractivity contribution < 1.29 is 14.3 Å². The molecule has 0 bridgehead atoms. The molecule has 0 heterocycles. The van der Waals surface area contributed by atoms with E-state index >= 15 is 0 Å². The van der Waals surface area contributed by atoms with Gasteiger partial charge in [0.2, 0.25) is 5.91 Å². The Morgan fingerprint density at radius 1 is 1.32 bits per heavy atom. The summed E-state index contributed by atoms with van der Waals surface area (Å²) in [4.78, 5) is 22.7. The van der Waals surface area contributed by atoms with E-state index in [9.17, 15) is 9.59 Å². The standard InChI is InChI=1S/C13H17ClN2O3/c1-9(10-3-5-11(19-2)6-4-10)15-13(18)16-12(17)7-8-14/h3-6,9H,7-8H2,1-2H3,(H2,15,16,17,18). The van der Waals surface area contributed by atoms with Gasteiger partial charge in [-0.15, -0.1) is 11.6 Å². The molecule has 6 heteroatoms. The van der Waals surface area contributed by atoms with Crippen LogP contribution in [-0.4, -0.2) is 24.9 Å². The largest absolute Gasteiger partial charge is 0.497 e. The first-order chi connectivity index (χ1) is 9.06. The number of carbonyl (C=O) groups excluding carboxylic acids is 2. The Balaban J connectivity index is 2.51. The summed E-state index contributed by atoms with van der Waals surface area (Å²) in [6.45, 7) is 1.83. The van der Waals surface area contributed by atoms with Gasteiger partial charge < -0.3 is 10.1 Å². The van der Waals surface area contributed by atoms with Crippen molar-refractivity contribution in [1.82, 2.24) is 10.6 Å². The van der Waals surface area contributed by atoms with Crippen molar-refractivity contribution in [3.63, 3.8) is 0 Å². The van der Waals surface area contributed by atoms with Crippen LogP contribution in [0.15, 0.2) is 24.3 Å². The number of rotatable bonds is 5. The molecule has 19 heavy (non-hydrogen) atoms. The van der Waals surface area contributed by atoms with Gasteiger partial charge in [0.1, 0.15) is 5.75 Å². The molecule has 0 saturated carbocycles. The predicted molar refractivity (Wildman–Crippen MR) is 73.4 cm³/mol. The second kappa shape index (κ2) is 7.63. The summed E-state index contributed by atoms with van der Waals surface area (Å²) >= 11 is 5.41. The third-order valence-corrected chi connectivity index (χ3v) is 2.73. The molecule has 104 valence electrons. The highest BCUT2D eigenvalue weighted by molar-refractivity contribution is 6.19. The number of methoxy groups -OCH3 is 1. The highest BCUT2D eigenvalue weighted by Gasteiger charge is 2.11. The van der Waals surface area contributed by atoms with E-state index < -0.39 is 11.9 Å². The average Bonchev–Trinajstić information content (AvgIpc) is 2.38. The van der Waals surface area contributed by atoms with Crippen LogP contribution in [0.4, 0.5) is 4.79 Å². The monoisotopic (exact) mass is 284 g/mol. The average molecular weight is 285 g/mol. The third kappa shape index (κ3) is 5.18. The van der Waals surface area contributed by atoms with Gasteiger partial charge in [0.05, 0.1) is 13.2 Å². The van der Waals surface area contributed by atoms with Crippen molar-refractivity contribution >= 4 is 23.5 Å². The van der Waals surface area contributed by atoms with E-state index in [-0.39, 0.29) is 18.3 Å². The molecule has 0 spiro atoms. The zero-order valence-electron chi connectivity index (χ0n) is 10.9. The number of ether oxygens (including phenoxy) is 1. The minimum absolute atomic E-state index is 0.117. The minimum atomic E-state index is -0.529. The fourth-order valence-electron chi connectivity index (χ4n) is 1.48. The topological polar surface area (TPSA) is 67.4 Å². The maximum absolute atomic E-state index is 11.5.